The predicted molar refractivity (Wildman–Crippen MR) is 92.3 cm³/mol. The quantitative estimate of drug-likeness (QED) is 0.377. The highest BCUT2D eigenvalue weighted by atomic mass is 16.6. The minimum absolute atomic E-state index is 0.0757. The molecule has 0 saturated heterocycles. The van der Waals surface area contributed by atoms with Crippen molar-refractivity contribution in [3.05, 3.63) is 0 Å². The van der Waals surface area contributed by atoms with Crippen LogP contribution in [0.25, 0.3) is 0 Å². The van der Waals surface area contributed by atoms with Crippen molar-refractivity contribution in [1.82, 2.24) is 0 Å². The Morgan fingerprint density at radius 2 is 0.923 bits per heavy atom. The number of hydrogen-bond acceptors (Lipinski definition) is 8. The summed E-state index contributed by atoms with van der Waals surface area (Å²) in [4.78, 5) is 46.1. The molecule has 0 aromatic heterocycles. The van der Waals surface area contributed by atoms with Gasteiger partial charge in [-0.2, -0.15) is 0 Å². The zero-order chi connectivity index (χ0) is 20.3. The lowest BCUT2D eigenvalue weighted by molar-refractivity contribution is -0.160. The third-order valence-corrected chi connectivity index (χ3v) is 3.34. The number of carbonyl (C=O) groups excluding carboxylic acids is 4. The number of ketones is 1. The molecule has 0 aromatic carbocycles. The molecule has 0 rings (SSSR count). The predicted octanol–water partition coefficient (Wildman–Crippen LogP) is 1.97. The fourth-order valence-corrected chi connectivity index (χ4v) is 2.13. The van der Waals surface area contributed by atoms with Crippen molar-refractivity contribution in [2.24, 2.45) is 0 Å². The Labute approximate surface area is 154 Å². The van der Waals surface area contributed by atoms with E-state index in [-0.39, 0.29) is 37.6 Å². The van der Waals surface area contributed by atoms with Crippen molar-refractivity contribution in [2.45, 2.75) is 84.7 Å². The molecular formula is C18H30O8. The summed E-state index contributed by atoms with van der Waals surface area (Å²) in [5.74, 6) is -1.67. The van der Waals surface area contributed by atoms with Gasteiger partial charge < -0.3 is 18.9 Å². The number of carbonyl (C=O) groups is 4. The van der Waals surface area contributed by atoms with E-state index in [4.69, 9.17) is 18.9 Å². The van der Waals surface area contributed by atoms with Gasteiger partial charge in [0.25, 0.3) is 0 Å². The van der Waals surface area contributed by atoms with Crippen LogP contribution in [-0.4, -0.2) is 55.2 Å². The van der Waals surface area contributed by atoms with Gasteiger partial charge in [-0.1, -0.05) is 0 Å². The van der Waals surface area contributed by atoms with E-state index in [1.54, 1.807) is 27.7 Å². The number of rotatable bonds is 12. The van der Waals surface area contributed by atoms with Gasteiger partial charge in [0.2, 0.25) is 0 Å². The van der Waals surface area contributed by atoms with Crippen LogP contribution in [0.15, 0.2) is 0 Å². The highest BCUT2D eigenvalue weighted by molar-refractivity contribution is 5.77. The van der Waals surface area contributed by atoms with E-state index in [0.717, 1.165) is 0 Å². The van der Waals surface area contributed by atoms with E-state index in [2.05, 4.69) is 0 Å². The first-order chi connectivity index (χ1) is 12.0. The Bertz CT molecular complexity index is 488. The lowest BCUT2D eigenvalue weighted by atomic mass is 10.2. The van der Waals surface area contributed by atoms with E-state index in [9.17, 15) is 19.2 Å². The lowest BCUT2D eigenvalue weighted by Crippen LogP contribution is -2.26. The number of Topliss-reactive ketones (excluding diaryl/α,β-unsaturated/α-hetero) is 1. The number of ether oxygens (including phenoxy) is 4. The second-order valence-electron chi connectivity index (χ2n) is 6.47. The molecule has 0 radical (unpaired) electrons. The standard InChI is InChI=1S/C18H30O8/c1-11(19)7-13(3)24-17(21)9-15(5)26-18(22)10-14(4)25-16(20)8-12(2)23-6/h12-15H,7-10H2,1-6H3/t12?,13-,14?,15+/m1/s1. The van der Waals surface area contributed by atoms with Gasteiger partial charge in [0, 0.05) is 13.5 Å². The summed E-state index contributed by atoms with van der Waals surface area (Å²) in [7, 11) is 1.49. The lowest BCUT2D eigenvalue weighted by Gasteiger charge is -2.17. The van der Waals surface area contributed by atoms with Gasteiger partial charge in [-0.15, -0.1) is 0 Å². The van der Waals surface area contributed by atoms with Gasteiger partial charge in [-0.05, 0) is 34.6 Å². The Kier molecular flexibility index (Phi) is 11.5. The number of hydrogen-bond donors (Lipinski definition) is 0. The molecule has 0 heterocycles. The van der Waals surface area contributed by atoms with E-state index in [0.29, 0.717) is 0 Å². The minimum atomic E-state index is -0.684. The van der Waals surface area contributed by atoms with Crippen LogP contribution in [0.3, 0.4) is 0 Å². The zero-order valence-electron chi connectivity index (χ0n) is 16.4. The van der Waals surface area contributed by atoms with Gasteiger partial charge in [0.1, 0.15) is 24.1 Å². The summed E-state index contributed by atoms with van der Waals surface area (Å²) in [6.45, 7) is 7.91. The first-order valence-electron chi connectivity index (χ1n) is 8.64. The molecule has 8 heteroatoms. The smallest absolute Gasteiger partial charge is 0.309 e. The Morgan fingerprint density at radius 1 is 0.615 bits per heavy atom. The molecule has 0 aliphatic rings. The molecule has 0 aliphatic carbocycles. The molecule has 4 atom stereocenters. The molecule has 0 saturated carbocycles. The summed E-state index contributed by atoms with van der Waals surface area (Å²) in [6.07, 6.45) is -2.11. The maximum absolute atomic E-state index is 11.8. The van der Waals surface area contributed by atoms with Crippen molar-refractivity contribution < 1.29 is 38.1 Å². The first kappa shape index (κ1) is 24.0. The van der Waals surface area contributed by atoms with Crippen LogP contribution >= 0.6 is 0 Å². The van der Waals surface area contributed by atoms with Crippen molar-refractivity contribution in [3.63, 3.8) is 0 Å². The minimum Gasteiger partial charge on any atom is -0.462 e. The van der Waals surface area contributed by atoms with Gasteiger partial charge in [0.15, 0.2) is 0 Å². The molecular weight excluding hydrogens is 344 g/mol. The average molecular weight is 374 g/mol. The van der Waals surface area contributed by atoms with Crippen LogP contribution in [0.5, 0.6) is 0 Å². The highest BCUT2D eigenvalue weighted by Crippen LogP contribution is 2.09. The molecule has 26 heavy (non-hydrogen) atoms. The van der Waals surface area contributed by atoms with E-state index in [1.807, 2.05) is 0 Å². The van der Waals surface area contributed by atoms with Crippen LogP contribution in [0.2, 0.25) is 0 Å². The highest BCUT2D eigenvalue weighted by Gasteiger charge is 2.21. The molecule has 0 bridgehead atoms. The number of esters is 3. The van der Waals surface area contributed by atoms with Crippen molar-refractivity contribution >= 4 is 23.7 Å². The normalized spacial score (nSPS) is 15.3. The second kappa shape index (κ2) is 12.4. The van der Waals surface area contributed by atoms with E-state index < -0.39 is 36.2 Å². The molecule has 2 unspecified atom stereocenters. The van der Waals surface area contributed by atoms with Crippen LogP contribution in [0, 0.1) is 0 Å². The van der Waals surface area contributed by atoms with Crippen LogP contribution in [0.1, 0.15) is 60.3 Å². The Balaban J connectivity index is 4.15. The zero-order valence-corrected chi connectivity index (χ0v) is 16.4. The SMILES string of the molecule is COC(C)CC(=O)OC(C)CC(=O)O[C@@H](C)CC(=O)O[C@H](C)CC(C)=O. The molecule has 0 fully saturated rings. The molecule has 0 amide bonds. The van der Waals surface area contributed by atoms with Crippen molar-refractivity contribution in [2.75, 3.05) is 7.11 Å². The maximum Gasteiger partial charge on any atom is 0.309 e. The molecule has 0 aliphatic heterocycles. The van der Waals surface area contributed by atoms with Gasteiger partial charge in [0.05, 0.1) is 25.4 Å². The van der Waals surface area contributed by atoms with Crippen LogP contribution in [-0.2, 0) is 38.1 Å². The Hall–Kier alpha value is -1.96. The molecule has 0 aromatic rings. The molecule has 0 N–H and O–H groups in total. The topological polar surface area (TPSA) is 105 Å². The molecule has 0 spiro atoms. The third kappa shape index (κ3) is 12.4. The first-order valence-corrected chi connectivity index (χ1v) is 8.64. The van der Waals surface area contributed by atoms with E-state index >= 15 is 0 Å². The summed E-state index contributed by atoms with van der Waals surface area (Å²) < 4.78 is 20.2. The van der Waals surface area contributed by atoms with Crippen molar-refractivity contribution in [3.8, 4) is 0 Å². The van der Waals surface area contributed by atoms with Gasteiger partial charge in [-0.3, -0.25) is 19.2 Å². The average Bonchev–Trinajstić information content (AvgIpc) is 2.44. The summed E-state index contributed by atoms with van der Waals surface area (Å²) in [5, 5.41) is 0. The largest absolute Gasteiger partial charge is 0.462 e. The monoisotopic (exact) mass is 374 g/mol. The second-order valence-corrected chi connectivity index (χ2v) is 6.47. The summed E-state index contributed by atoms with van der Waals surface area (Å²) in [5.41, 5.74) is 0. The third-order valence-electron chi connectivity index (χ3n) is 3.34. The van der Waals surface area contributed by atoms with Crippen LogP contribution in [0.4, 0.5) is 0 Å². The molecule has 150 valence electrons. The fourth-order valence-electron chi connectivity index (χ4n) is 2.13. The van der Waals surface area contributed by atoms with E-state index in [1.165, 1.54) is 14.0 Å². The van der Waals surface area contributed by atoms with Gasteiger partial charge in [-0.25, -0.2) is 0 Å². The van der Waals surface area contributed by atoms with Crippen LogP contribution < -0.4 is 0 Å². The maximum atomic E-state index is 11.8. The molecule has 8 nitrogen and oxygen atoms in total. The Morgan fingerprint density at radius 3 is 1.23 bits per heavy atom. The number of methoxy groups -OCH3 is 1. The summed E-state index contributed by atoms with van der Waals surface area (Å²) >= 11 is 0. The fraction of sp³-hybridized carbons (Fsp3) is 0.778. The van der Waals surface area contributed by atoms with Gasteiger partial charge >= 0.3 is 17.9 Å². The summed E-state index contributed by atoms with van der Waals surface area (Å²) in [6, 6.07) is 0. The van der Waals surface area contributed by atoms with Crippen molar-refractivity contribution in [1.29, 1.82) is 0 Å².